The van der Waals surface area contributed by atoms with Crippen LogP contribution in [0.25, 0.3) is 0 Å². The van der Waals surface area contributed by atoms with Crippen molar-refractivity contribution >= 4 is 17.4 Å². The van der Waals surface area contributed by atoms with Gasteiger partial charge in [0.2, 0.25) is 6.54 Å². The zero-order chi connectivity index (χ0) is 24.3. The summed E-state index contributed by atoms with van der Waals surface area (Å²) in [7, 11) is 1.21. The summed E-state index contributed by atoms with van der Waals surface area (Å²) in [5.74, 6) is -0.385. The van der Waals surface area contributed by atoms with Crippen molar-refractivity contribution < 1.29 is 32.7 Å². The molecule has 0 bridgehead atoms. The van der Waals surface area contributed by atoms with E-state index in [4.69, 9.17) is 16.3 Å². The van der Waals surface area contributed by atoms with E-state index in [2.05, 4.69) is 10.3 Å². The number of hydrogen-bond acceptors (Lipinski definition) is 7. The van der Waals surface area contributed by atoms with Gasteiger partial charge in [-0.3, -0.25) is 14.9 Å². The summed E-state index contributed by atoms with van der Waals surface area (Å²) in [5, 5.41) is 23.5. The number of Topliss-reactive ketones (excluding diaryl/α,β-unsaturated/α-hetero) is 1. The van der Waals surface area contributed by atoms with Crippen molar-refractivity contribution in [1.29, 1.82) is 0 Å². The predicted molar refractivity (Wildman–Crippen MR) is 109 cm³/mol. The molecule has 0 saturated heterocycles. The van der Waals surface area contributed by atoms with E-state index >= 15 is 0 Å². The largest absolute Gasteiger partial charge is 0.493 e. The van der Waals surface area contributed by atoms with E-state index in [0.717, 1.165) is 6.07 Å². The lowest BCUT2D eigenvalue weighted by Crippen LogP contribution is -2.49. The monoisotopic (exact) mass is 475 g/mol. The molecule has 0 aliphatic heterocycles. The molecular formula is C20H21ClF3N3O5. The van der Waals surface area contributed by atoms with Crippen LogP contribution >= 0.6 is 11.6 Å². The van der Waals surface area contributed by atoms with E-state index < -0.39 is 39.6 Å². The summed E-state index contributed by atoms with van der Waals surface area (Å²) < 4.78 is 46.0. The molecule has 2 rings (SSSR count). The van der Waals surface area contributed by atoms with Gasteiger partial charge in [-0.1, -0.05) is 41.9 Å². The number of benzene rings is 1. The van der Waals surface area contributed by atoms with Crippen LogP contribution in [0.4, 0.5) is 13.2 Å². The van der Waals surface area contributed by atoms with E-state index in [0.29, 0.717) is 5.56 Å². The third kappa shape index (κ3) is 5.34. The van der Waals surface area contributed by atoms with E-state index in [1.165, 1.54) is 7.11 Å². The Morgan fingerprint density at radius 1 is 1.28 bits per heavy atom. The Labute approximate surface area is 186 Å². The molecule has 174 valence electrons. The molecule has 0 spiro atoms. The molecule has 12 heteroatoms. The number of aliphatic hydroxyl groups is 1. The second-order valence-electron chi connectivity index (χ2n) is 7.50. The lowest BCUT2D eigenvalue weighted by Gasteiger charge is -2.32. The molecule has 1 unspecified atom stereocenters. The van der Waals surface area contributed by atoms with Crippen LogP contribution in [0, 0.1) is 10.1 Å². The SMILES string of the molecule is COc1c(C(C)(C)NCC(=O)c2ccccc2)cc(C(O)(C[N+](=O)[O-])C(F)(F)F)nc1Cl. The number of nitro groups is 1. The summed E-state index contributed by atoms with van der Waals surface area (Å²) in [6, 6.07) is 9.17. The van der Waals surface area contributed by atoms with Gasteiger partial charge in [-0.15, -0.1) is 0 Å². The van der Waals surface area contributed by atoms with Gasteiger partial charge in [0.05, 0.1) is 19.3 Å². The van der Waals surface area contributed by atoms with Crippen molar-refractivity contribution in [2.24, 2.45) is 0 Å². The minimum absolute atomic E-state index is 0.0156. The summed E-state index contributed by atoms with van der Waals surface area (Å²) >= 11 is 6.01. The van der Waals surface area contributed by atoms with E-state index in [1.54, 1.807) is 44.2 Å². The molecule has 1 aromatic heterocycles. The third-order valence-electron chi connectivity index (χ3n) is 4.85. The molecule has 0 radical (unpaired) electrons. The van der Waals surface area contributed by atoms with Crippen LogP contribution in [0.15, 0.2) is 36.4 Å². The van der Waals surface area contributed by atoms with Crippen molar-refractivity contribution in [2.75, 3.05) is 20.2 Å². The Hall–Kier alpha value is -2.76. The maximum absolute atomic E-state index is 13.6. The van der Waals surface area contributed by atoms with Gasteiger partial charge in [0.15, 0.2) is 16.7 Å². The van der Waals surface area contributed by atoms with Crippen LogP contribution in [0.3, 0.4) is 0 Å². The molecule has 0 amide bonds. The highest BCUT2D eigenvalue weighted by atomic mass is 35.5. The Morgan fingerprint density at radius 3 is 2.38 bits per heavy atom. The first-order chi connectivity index (χ1) is 14.7. The molecule has 0 saturated carbocycles. The number of nitrogens with zero attached hydrogens (tertiary/aromatic N) is 2. The van der Waals surface area contributed by atoms with Crippen LogP contribution in [-0.4, -0.2) is 47.2 Å². The first-order valence-electron chi connectivity index (χ1n) is 9.22. The molecular weight excluding hydrogens is 455 g/mol. The molecule has 32 heavy (non-hydrogen) atoms. The number of alkyl halides is 3. The van der Waals surface area contributed by atoms with Gasteiger partial charge in [0.1, 0.15) is 0 Å². The number of carbonyl (C=O) groups excluding carboxylic acids is 1. The Bertz CT molecular complexity index is 1000. The molecule has 2 aromatic rings. The van der Waals surface area contributed by atoms with E-state index in [-0.39, 0.29) is 23.6 Å². The molecule has 2 N–H and O–H groups in total. The molecule has 8 nitrogen and oxygen atoms in total. The molecule has 1 atom stereocenters. The number of ether oxygens (including phenoxy) is 1. The minimum atomic E-state index is -5.41. The smallest absolute Gasteiger partial charge is 0.429 e. The number of ketones is 1. The van der Waals surface area contributed by atoms with Crippen molar-refractivity contribution in [3.63, 3.8) is 0 Å². The van der Waals surface area contributed by atoms with Crippen LogP contribution in [0.2, 0.25) is 5.15 Å². The standard InChI is InChI=1S/C20H21ClF3N3O5/c1-18(2,25-10-14(28)12-7-5-4-6-8-12)13-9-15(26-17(21)16(13)32-3)19(29,11-27(30)31)20(22,23)24/h4-9,25,29H,10-11H2,1-3H3. The molecule has 0 fully saturated rings. The summed E-state index contributed by atoms with van der Waals surface area (Å²) in [5.41, 5.74) is -5.72. The van der Waals surface area contributed by atoms with E-state index in [9.17, 15) is 33.2 Å². The molecule has 0 aliphatic rings. The number of hydrogen-bond donors (Lipinski definition) is 2. The van der Waals surface area contributed by atoms with Gasteiger partial charge in [0, 0.05) is 21.6 Å². The summed E-state index contributed by atoms with van der Waals surface area (Å²) in [6.07, 6.45) is -5.41. The highest BCUT2D eigenvalue weighted by Crippen LogP contribution is 2.43. The zero-order valence-electron chi connectivity index (χ0n) is 17.4. The second-order valence-corrected chi connectivity index (χ2v) is 7.85. The van der Waals surface area contributed by atoms with Crippen LogP contribution in [0.1, 0.15) is 35.5 Å². The van der Waals surface area contributed by atoms with Gasteiger partial charge in [-0.05, 0) is 19.9 Å². The van der Waals surface area contributed by atoms with E-state index in [1.807, 2.05) is 0 Å². The highest BCUT2D eigenvalue weighted by Gasteiger charge is 2.60. The minimum Gasteiger partial charge on any atom is -0.493 e. The van der Waals surface area contributed by atoms with Crippen LogP contribution in [-0.2, 0) is 11.1 Å². The number of aromatic nitrogens is 1. The molecule has 0 aliphatic carbocycles. The summed E-state index contributed by atoms with van der Waals surface area (Å²) in [4.78, 5) is 25.5. The number of methoxy groups -OCH3 is 1. The first-order valence-corrected chi connectivity index (χ1v) is 9.60. The maximum atomic E-state index is 13.6. The first kappa shape index (κ1) is 25.5. The topological polar surface area (TPSA) is 115 Å². The second kappa shape index (κ2) is 9.39. The van der Waals surface area contributed by atoms with Crippen molar-refractivity contribution in [2.45, 2.75) is 31.2 Å². The number of rotatable bonds is 9. The fraction of sp³-hybridized carbons (Fsp3) is 0.400. The maximum Gasteiger partial charge on any atom is 0.429 e. The lowest BCUT2D eigenvalue weighted by molar-refractivity contribution is -0.519. The fourth-order valence-corrected chi connectivity index (χ4v) is 3.27. The van der Waals surface area contributed by atoms with Crippen LogP contribution in [0.5, 0.6) is 5.75 Å². The lowest BCUT2D eigenvalue weighted by atomic mass is 9.89. The number of nitrogens with one attached hydrogen (secondary N) is 1. The quantitative estimate of drug-likeness (QED) is 0.247. The predicted octanol–water partition coefficient (Wildman–Crippen LogP) is 3.48. The van der Waals surface area contributed by atoms with Gasteiger partial charge in [-0.25, -0.2) is 4.98 Å². The normalized spacial score (nSPS) is 14.0. The van der Waals surface area contributed by atoms with Gasteiger partial charge in [-0.2, -0.15) is 13.2 Å². The van der Waals surface area contributed by atoms with Gasteiger partial charge < -0.3 is 15.2 Å². The third-order valence-corrected chi connectivity index (χ3v) is 5.10. The average molecular weight is 476 g/mol. The van der Waals surface area contributed by atoms with Crippen LogP contribution < -0.4 is 10.1 Å². The van der Waals surface area contributed by atoms with Crippen molar-refractivity contribution in [3.05, 3.63) is 68.5 Å². The Kier molecular flexibility index (Phi) is 7.48. The Morgan fingerprint density at radius 2 is 1.88 bits per heavy atom. The molecule has 1 aromatic carbocycles. The number of pyridine rings is 1. The van der Waals surface area contributed by atoms with Crippen molar-refractivity contribution in [1.82, 2.24) is 10.3 Å². The average Bonchev–Trinajstić information content (AvgIpc) is 2.70. The fourth-order valence-electron chi connectivity index (χ4n) is 3.00. The number of carbonyl (C=O) groups is 1. The zero-order valence-corrected chi connectivity index (χ0v) is 18.1. The summed E-state index contributed by atoms with van der Waals surface area (Å²) in [6.45, 7) is 1.03. The highest BCUT2D eigenvalue weighted by molar-refractivity contribution is 6.31. The number of halogens is 4. The van der Waals surface area contributed by atoms with Gasteiger partial charge >= 0.3 is 6.18 Å². The molecule has 1 heterocycles. The van der Waals surface area contributed by atoms with Gasteiger partial charge in [0.25, 0.3) is 5.60 Å². The van der Waals surface area contributed by atoms with Crippen molar-refractivity contribution in [3.8, 4) is 5.75 Å². The Balaban J connectivity index is 2.50.